The molecule has 0 N–H and O–H groups in total. The number of fused-ring (bicyclic) bond motifs is 1. The van der Waals surface area contributed by atoms with Gasteiger partial charge in [-0.15, -0.1) is 0 Å². The van der Waals surface area contributed by atoms with E-state index in [4.69, 9.17) is 4.74 Å². The largest absolute Gasteiger partial charge is 0.475 e. The fraction of sp³-hybridized carbons (Fsp3) is 0.385. The summed E-state index contributed by atoms with van der Waals surface area (Å²) in [7, 11) is 2.12. The third kappa shape index (κ3) is 2.22. The van der Waals surface area contributed by atoms with Crippen molar-refractivity contribution in [2.24, 2.45) is 0 Å². The fourth-order valence-electron chi connectivity index (χ4n) is 2.31. The quantitative estimate of drug-likeness (QED) is 0.817. The van der Waals surface area contributed by atoms with Crippen molar-refractivity contribution in [3.63, 3.8) is 0 Å². The molecule has 0 aromatic carbocycles. The van der Waals surface area contributed by atoms with Crippen molar-refractivity contribution < 1.29 is 4.74 Å². The lowest BCUT2D eigenvalue weighted by molar-refractivity contribution is 0.150. The molecule has 3 rings (SSSR count). The fourth-order valence-corrected chi connectivity index (χ4v) is 2.31. The van der Waals surface area contributed by atoms with Gasteiger partial charge in [0.15, 0.2) is 0 Å². The third-order valence-corrected chi connectivity index (χ3v) is 3.11. The van der Waals surface area contributed by atoms with Crippen molar-refractivity contribution in [1.82, 2.24) is 19.7 Å². The van der Waals surface area contributed by atoms with Gasteiger partial charge in [-0.25, -0.2) is 4.98 Å². The van der Waals surface area contributed by atoms with E-state index >= 15 is 0 Å². The second-order valence-electron chi connectivity index (χ2n) is 4.60. The van der Waals surface area contributed by atoms with E-state index in [1.165, 1.54) is 5.69 Å². The molecule has 2 aromatic heterocycles. The zero-order valence-corrected chi connectivity index (χ0v) is 10.4. The first kappa shape index (κ1) is 11.2. The molecule has 94 valence electrons. The van der Waals surface area contributed by atoms with Crippen LogP contribution < -0.4 is 4.74 Å². The molecular weight excluding hydrogens is 228 g/mol. The molecule has 0 saturated heterocycles. The van der Waals surface area contributed by atoms with E-state index in [9.17, 15) is 0 Å². The minimum Gasteiger partial charge on any atom is -0.475 e. The molecule has 0 radical (unpaired) electrons. The molecule has 5 heteroatoms. The van der Waals surface area contributed by atoms with Crippen LogP contribution in [0.15, 0.2) is 36.7 Å². The van der Waals surface area contributed by atoms with Gasteiger partial charge in [0.2, 0.25) is 5.88 Å². The lowest BCUT2D eigenvalue weighted by Gasteiger charge is -2.31. The van der Waals surface area contributed by atoms with Crippen LogP contribution in [-0.2, 0) is 6.54 Å². The van der Waals surface area contributed by atoms with Crippen LogP contribution >= 0.6 is 0 Å². The van der Waals surface area contributed by atoms with Gasteiger partial charge >= 0.3 is 0 Å². The molecule has 5 nitrogen and oxygen atoms in total. The Morgan fingerprint density at radius 1 is 1.33 bits per heavy atom. The van der Waals surface area contributed by atoms with Gasteiger partial charge in [-0.1, -0.05) is 6.07 Å². The smallest absolute Gasteiger partial charge is 0.213 e. The molecule has 1 atom stereocenters. The zero-order chi connectivity index (χ0) is 12.4. The summed E-state index contributed by atoms with van der Waals surface area (Å²) in [5.74, 6) is 0.666. The highest BCUT2D eigenvalue weighted by atomic mass is 16.5. The third-order valence-electron chi connectivity index (χ3n) is 3.11. The van der Waals surface area contributed by atoms with Crippen molar-refractivity contribution in [2.45, 2.75) is 12.6 Å². The summed E-state index contributed by atoms with van der Waals surface area (Å²) in [6.07, 6.45) is 3.59. The summed E-state index contributed by atoms with van der Waals surface area (Å²) in [5, 5.41) is 4.37. The van der Waals surface area contributed by atoms with Gasteiger partial charge in [-0.05, 0) is 19.2 Å². The van der Waals surface area contributed by atoms with E-state index in [-0.39, 0.29) is 6.04 Å². The summed E-state index contributed by atoms with van der Waals surface area (Å²) in [5.41, 5.74) is 1.23. The van der Waals surface area contributed by atoms with Gasteiger partial charge in [-0.3, -0.25) is 9.58 Å². The molecule has 0 saturated carbocycles. The number of hydrogen-bond acceptors (Lipinski definition) is 4. The summed E-state index contributed by atoms with van der Waals surface area (Å²) in [6, 6.07) is 7.98. The maximum atomic E-state index is 5.72. The van der Waals surface area contributed by atoms with Crippen molar-refractivity contribution in [1.29, 1.82) is 0 Å². The molecule has 3 heterocycles. The SMILES string of the molecule is CN1Cc2ccnn2C(COc2ccccn2)C1. The Morgan fingerprint density at radius 3 is 3.11 bits per heavy atom. The molecule has 0 spiro atoms. The van der Waals surface area contributed by atoms with Crippen LogP contribution in [0.25, 0.3) is 0 Å². The van der Waals surface area contributed by atoms with E-state index in [0.29, 0.717) is 12.5 Å². The highest BCUT2D eigenvalue weighted by molar-refractivity contribution is 5.10. The van der Waals surface area contributed by atoms with Gasteiger partial charge < -0.3 is 4.74 Å². The van der Waals surface area contributed by atoms with Crippen LogP contribution in [0.3, 0.4) is 0 Å². The van der Waals surface area contributed by atoms with Crippen molar-refractivity contribution in [2.75, 3.05) is 20.2 Å². The Bertz CT molecular complexity index is 511. The zero-order valence-electron chi connectivity index (χ0n) is 10.4. The minimum atomic E-state index is 0.246. The molecule has 0 fully saturated rings. The molecule has 2 aromatic rings. The van der Waals surface area contributed by atoms with Crippen molar-refractivity contribution in [3.05, 3.63) is 42.4 Å². The first-order chi connectivity index (χ1) is 8.83. The molecule has 1 aliphatic rings. The number of likely N-dealkylation sites (N-methyl/N-ethyl adjacent to an activating group) is 1. The molecule has 1 aliphatic heterocycles. The Labute approximate surface area is 106 Å². The van der Waals surface area contributed by atoms with E-state index < -0.39 is 0 Å². The van der Waals surface area contributed by atoms with Crippen molar-refractivity contribution >= 4 is 0 Å². The van der Waals surface area contributed by atoms with Gasteiger partial charge in [0.1, 0.15) is 6.61 Å². The Balaban J connectivity index is 1.71. The van der Waals surface area contributed by atoms with Gasteiger partial charge in [-0.2, -0.15) is 5.10 Å². The van der Waals surface area contributed by atoms with Crippen LogP contribution in [-0.4, -0.2) is 39.9 Å². The maximum absolute atomic E-state index is 5.72. The van der Waals surface area contributed by atoms with E-state index in [1.54, 1.807) is 6.20 Å². The normalized spacial score (nSPS) is 19.5. The standard InChI is InChI=1S/C13H16N4O/c1-16-8-11-5-7-15-17(11)12(9-16)10-18-13-4-2-3-6-14-13/h2-7,12H,8-10H2,1H3. The summed E-state index contributed by atoms with van der Waals surface area (Å²) < 4.78 is 7.78. The first-order valence-corrected chi connectivity index (χ1v) is 6.08. The summed E-state index contributed by atoms with van der Waals surface area (Å²) >= 11 is 0. The van der Waals surface area contributed by atoms with E-state index in [0.717, 1.165) is 13.1 Å². The number of aromatic nitrogens is 3. The summed E-state index contributed by atoms with van der Waals surface area (Å²) in [4.78, 5) is 6.44. The Kier molecular flexibility index (Phi) is 2.98. The van der Waals surface area contributed by atoms with Crippen molar-refractivity contribution in [3.8, 4) is 5.88 Å². The number of ether oxygens (including phenoxy) is 1. The lowest BCUT2D eigenvalue weighted by Crippen LogP contribution is -2.37. The average molecular weight is 244 g/mol. The second kappa shape index (κ2) is 4.78. The van der Waals surface area contributed by atoms with Crippen LogP contribution in [0.1, 0.15) is 11.7 Å². The first-order valence-electron chi connectivity index (χ1n) is 6.08. The lowest BCUT2D eigenvalue weighted by atomic mass is 10.2. The maximum Gasteiger partial charge on any atom is 0.213 e. The van der Waals surface area contributed by atoms with E-state index in [1.807, 2.05) is 24.4 Å². The summed E-state index contributed by atoms with van der Waals surface area (Å²) in [6.45, 7) is 2.48. The topological polar surface area (TPSA) is 43.2 Å². The highest BCUT2D eigenvalue weighted by Crippen LogP contribution is 2.19. The van der Waals surface area contributed by atoms with Crippen LogP contribution in [0.2, 0.25) is 0 Å². The predicted molar refractivity (Wildman–Crippen MR) is 67.3 cm³/mol. The number of nitrogens with zero attached hydrogens (tertiary/aromatic N) is 4. The number of hydrogen-bond donors (Lipinski definition) is 0. The monoisotopic (exact) mass is 244 g/mol. The predicted octanol–water partition coefficient (Wildman–Crippen LogP) is 1.34. The highest BCUT2D eigenvalue weighted by Gasteiger charge is 2.23. The molecular formula is C13H16N4O. The second-order valence-corrected chi connectivity index (χ2v) is 4.60. The number of pyridine rings is 1. The van der Waals surface area contributed by atoms with Crippen LogP contribution in [0, 0.1) is 0 Å². The Hall–Kier alpha value is -1.88. The van der Waals surface area contributed by atoms with E-state index in [2.05, 4.69) is 32.8 Å². The van der Waals surface area contributed by atoms with Crippen LogP contribution in [0.5, 0.6) is 5.88 Å². The molecule has 18 heavy (non-hydrogen) atoms. The van der Waals surface area contributed by atoms with Gasteiger partial charge in [0.25, 0.3) is 0 Å². The van der Waals surface area contributed by atoms with Crippen LogP contribution in [0.4, 0.5) is 0 Å². The molecule has 0 aliphatic carbocycles. The van der Waals surface area contributed by atoms with Gasteiger partial charge in [0, 0.05) is 31.5 Å². The molecule has 0 bridgehead atoms. The van der Waals surface area contributed by atoms with Gasteiger partial charge in [0.05, 0.1) is 11.7 Å². The molecule has 1 unspecified atom stereocenters. The number of rotatable bonds is 3. The molecule has 0 amide bonds. The minimum absolute atomic E-state index is 0.246. The average Bonchev–Trinajstić information content (AvgIpc) is 2.85. The Morgan fingerprint density at radius 2 is 2.28 bits per heavy atom.